The van der Waals surface area contributed by atoms with Crippen LogP contribution >= 0.6 is 0 Å². The number of nitrogens with one attached hydrogen (secondary N) is 1. The van der Waals surface area contributed by atoms with Gasteiger partial charge in [-0.25, -0.2) is 0 Å². The van der Waals surface area contributed by atoms with E-state index in [0.29, 0.717) is 6.61 Å². The number of amides is 1. The molecule has 2 aliphatic heterocycles. The molecule has 0 unspecified atom stereocenters. The molecule has 0 saturated carbocycles. The van der Waals surface area contributed by atoms with Gasteiger partial charge in [-0.2, -0.15) is 0 Å². The number of piperazine rings is 1. The van der Waals surface area contributed by atoms with Crippen LogP contribution in [-0.2, 0) is 16.1 Å². The molecule has 2 fully saturated rings. The Bertz CT molecular complexity index is 575. The third-order valence-electron chi connectivity index (χ3n) is 5.78. The summed E-state index contributed by atoms with van der Waals surface area (Å²) in [6, 6.07) is 10.5. The van der Waals surface area contributed by atoms with Gasteiger partial charge in [0, 0.05) is 52.4 Å². The molecule has 3 rings (SSSR count). The van der Waals surface area contributed by atoms with Gasteiger partial charge >= 0.3 is 0 Å². The highest BCUT2D eigenvalue weighted by Crippen LogP contribution is 2.10. The van der Waals surface area contributed by atoms with E-state index < -0.39 is 0 Å². The van der Waals surface area contributed by atoms with Crippen molar-refractivity contribution in [2.45, 2.75) is 32.4 Å². The molecule has 6 nitrogen and oxygen atoms in total. The van der Waals surface area contributed by atoms with E-state index >= 15 is 0 Å². The average Bonchev–Trinajstić information content (AvgIpc) is 2.74. The van der Waals surface area contributed by atoms with Gasteiger partial charge in [-0.1, -0.05) is 43.7 Å². The van der Waals surface area contributed by atoms with Crippen LogP contribution in [0.1, 0.15) is 25.3 Å². The molecule has 156 valence electrons. The summed E-state index contributed by atoms with van der Waals surface area (Å²) in [6.07, 6.45) is 2.29. The summed E-state index contributed by atoms with van der Waals surface area (Å²) in [4.78, 5) is 19.9. The maximum Gasteiger partial charge on any atom is 0.239 e. The smallest absolute Gasteiger partial charge is 0.239 e. The molecular formula is C22H36N4O2. The first-order chi connectivity index (χ1) is 13.8. The van der Waals surface area contributed by atoms with Gasteiger partial charge in [-0.3, -0.25) is 19.5 Å². The van der Waals surface area contributed by atoms with Gasteiger partial charge in [0.15, 0.2) is 0 Å². The van der Waals surface area contributed by atoms with E-state index in [9.17, 15) is 4.79 Å². The van der Waals surface area contributed by atoms with Crippen molar-refractivity contribution in [2.24, 2.45) is 0 Å². The highest BCUT2D eigenvalue weighted by atomic mass is 16.5. The van der Waals surface area contributed by atoms with Crippen molar-refractivity contribution in [3.8, 4) is 0 Å². The number of benzene rings is 1. The topological polar surface area (TPSA) is 48.1 Å². The lowest BCUT2D eigenvalue weighted by atomic mass is 10.2. The Hall–Kier alpha value is -1.47. The molecule has 0 aliphatic carbocycles. The first-order valence-electron chi connectivity index (χ1n) is 10.8. The summed E-state index contributed by atoms with van der Waals surface area (Å²) in [5.74, 6) is 0.124. The minimum atomic E-state index is -0.122. The number of carbonyl (C=O) groups excluding carboxylic acids is 1. The third-order valence-corrected chi connectivity index (χ3v) is 5.78. The summed E-state index contributed by atoms with van der Waals surface area (Å²) in [7, 11) is 0. The molecule has 1 aromatic carbocycles. The lowest BCUT2D eigenvalue weighted by Crippen LogP contribution is -2.55. The van der Waals surface area contributed by atoms with Crippen LogP contribution in [0.15, 0.2) is 30.3 Å². The van der Waals surface area contributed by atoms with Gasteiger partial charge in [0.05, 0.1) is 13.2 Å². The van der Waals surface area contributed by atoms with Crippen LogP contribution in [0.2, 0.25) is 0 Å². The second-order valence-corrected chi connectivity index (χ2v) is 7.87. The molecule has 1 amide bonds. The van der Waals surface area contributed by atoms with Crippen molar-refractivity contribution in [1.82, 2.24) is 20.0 Å². The minimum Gasteiger partial charge on any atom is -0.378 e. The van der Waals surface area contributed by atoms with Crippen LogP contribution in [-0.4, -0.2) is 92.2 Å². The Morgan fingerprint density at radius 1 is 1.07 bits per heavy atom. The highest BCUT2D eigenvalue weighted by Gasteiger charge is 2.28. The molecule has 1 aromatic rings. The summed E-state index contributed by atoms with van der Waals surface area (Å²) < 4.78 is 5.55. The van der Waals surface area contributed by atoms with Crippen LogP contribution in [0, 0.1) is 0 Å². The SMILES string of the molecule is CCCCN1CCOC[C@@H]1C(=O)NCCN1CCN(Cc2ccccc2)CC1. The predicted molar refractivity (Wildman–Crippen MR) is 112 cm³/mol. The van der Waals surface area contributed by atoms with E-state index in [1.807, 2.05) is 0 Å². The summed E-state index contributed by atoms with van der Waals surface area (Å²) in [6.45, 7) is 12.3. The third kappa shape index (κ3) is 6.55. The monoisotopic (exact) mass is 388 g/mol. The fraction of sp³-hybridized carbons (Fsp3) is 0.682. The summed E-state index contributed by atoms with van der Waals surface area (Å²) in [5, 5.41) is 3.14. The number of ether oxygens (including phenoxy) is 1. The van der Waals surface area contributed by atoms with Crippen molar-refractivity contribution >= 4 is 5.91 Å². The van der Waals surface area contributed by atoms with E-state index in [4.69, 9.17) is 4.74 Å². The number of carbonyl (C=O) groups is 1. The Morgan fingerprint density at radius 2 is 1.82 bits per heavy atom. The highest BCUT2D eigenvalue weighted by molar-refractivity contribution is 5.82. The first-order valence-corrected chi connectivity index (χ1v) is 10.8. The minimum absolute atomic E-state index is 0.122. The van der Waals surface area contributed by atoms with Gasteiger partial charge in [0.1, 0.15) is 6.04 Å². The van der Waals surface area contributed by atoms with Crippen molar-refractivity contribution < 1.29 is 9.53 Å². The number of rotatable bonds is 9. The molecule has 2 heterocycles. The van der Waals surface area contributed by atoms with Crippen LogP contribution in [0.4, 0.5) is 0 Å². The number of unbranched alkanes of at least 4 members (excludes halogenated alkanes) is 1. The lowest BCUT2D eigenvalue weighted by Gasteiger charge is -2.36. The zero-order valence-corrected chi connectivity index (χ0v) is 17.3. The predicted octanol–water partition coefficient (Wildman–Crippen LogP) is 1.42. The molecule has 6 heteroatoms. The summed E-state index contributed by atoms with van der Waals surface area (Å²) in [5.41, 5.74) is 1.38. The number of hydrogen-bond acceptors (Lipinski definition) is 5. The van der Waals surface area contributed by atoms with Gasteiger partial charge in [0.25, 0.3) is 0 Å². The lowest BCUT2D eigenvalue weighted by molar-refractivity contribution is -0.132. The quantitative estimate of drug-likeness (QED) is 0.693. The first kappa shape index (κ1) is 21.2. The van der Waals surface area contributed by atoms with E-state index in [1.165, 1.54) is 5.56 Å². The van der Waals surface area contributed by atoms with E-state index in [-0.39, 0.29) is 11.9 Å². The fourth-order valence-electron chi connectivity index (χ4n) is 3.98. The van der Waals surface area contributed by atoms with E-state index in [0.717, 1.165) is 78.4 Å². The normalized spacial score (nSPS) is 22.2. The molecule has 0 spiro atoms. The molecule has 0 aromatic heterocycles. The van der Waals surface area contributed by atoms with Crippen LogP contribution < -0.4 is 5.32 Å². The Balaban J connectivity index is 1.33. The molecule has 2 aliphatic rings. The van der Waals surface area contributed by atoms with Gasteiger partial charge < -0.3 is 10.1 Å². The zero-order chi connectivity index (χ0) is 19.6. The second kappa shape index (κ2) is 11.5. The Labute approximate surface area is 169 Å². The number of morpholine rings is 1. The number of hydrogen-bond donors (Lipinski definition) is 1. The van der Waals surface area contributed by atoms with Crippen LogP contribution in [0.25, 0.3) is 0 Å². The molecule has 0 bridgehead atoms. The van der Waals surface area contributed by atoms with Crippen molar-refractivity contribution in [1.29, 1.82) is 0 Å². The largest absolute Gasteiger partial charge is 0.378 e. The van der Waals surface area contributed by atoms with Crippen molar-refractivity contribution in [3.05, 3.63) is 35.9 Å². The molecule has 1 atom stereocenters. The Morgan fingerprint density at radius 3 is 2.57 bits per heavy atom. The van der Waals surface area contributed by atoms with Crippen LogP contribution in [0.5, 0.6) is 0 Å². The molecule has 28 heavy (non-hydrogen) atoms. The number of nitrogens with zero attached hydrogens (tertiary/aromatic N) is 3. The van der Waals surface area contributed by atoms with E-state index in [2.05, 4.69) is 57.3 Å². The van der Waals surface area contributed by atoms with Gasteiger partial charge in [0.2, 0.25) is 5.91 Å². The maximum absolute atomic E-state index is 12.6. The van der Waals surface area contributed by atoms with Crippen molar-refractivity contribution in [2.75, 3.05) is 65.6 Å². The molecule has 2 saturated heterocycles. The Kier molecular flexibility index (Phi) is 8.73. The second-order valence-electron chi connectivity index (χ2n) is 7.87. The van der Waals surface area contributed by atoms with Gasteiger partial charge in [-0.05, 0) is 18.5 Å². The van der Waals surface area contributed by atoms with Crippen molar-refractivity contribution in [3.63, 3.8) is 0 Å². The zero-order valence-electron chi connectivity index (χ0n) is 17.3. The van der Waals surface area contributed by atoms with E-state index in [1.54, 1.807) is 0 Å². The molecular weight excluding hydrogens is 352 g/mol. The maximum atomic E-state index is 12.6. The molecule has 0 radical (unpaired) electrons. The van der Waals surface area contributed by atoms with Gasteiger partial charge in [-0.15, -0.1) is 0 Å². The molecule has 1 N–H and O–H groups in total. The average molecular weight is 389 g/mol. The fourth-order valence-corrected chi connectivity index (χ4v) is 3.98. The summed E-state index contributed by atoms with van der Waals surface area (Å²) >= 11 is 0. The van der Waals surface area contributed by atoms with Crippen LogP contribution in [0.3, 0.4) is 0 Å². The standard InChI is InChI=1S/C22H36N4O2/c1-2-3-10-26-16-17-28-19-21(26)22(27)23-9-11-24-12-14-25(15-13-24)18-20-7-5-4-6-8-20/h4-8,21H,2-3,9-19H2,1H3,(H,23,27)/t21-/m1/s1.